The number of anilines is 2. The fraction of sp³-hybridized carbons (Fsp3) is 0.531. The second-order valence-electron chi connectivity index (χ2n) is 12.2. The van der Waals surface area contributed by atoms with Crippen molar-refractivity contribution in [3.8, 4) is 11.4 Å². The second kappa shape index (κ2) is 10.3. The molecule has 5 rings (SSSR count). The number of benzene rings is 1. The van der Waals surface area contributed by atoms with E-state index in [1.165, 1.54) is 28.1 Å². The predicted octanol–water partition coefficient (Wildman–Crippen LogP) is 6.40. The Hall–Kier alpha value is -2.99. The van der Waals surface area contributed by atoms with Crippen LogP contribution in [-0.2, 0) is 17.7 Å². The van der Waals surface area contributed by atoms with Crippen LogP contribution in [0.25, 0.3) is 11.4 Å². The third-order valence-electron chi connectivity index (χ3n) is 8.54. The molecule has 6 nitrogen and oxygen atoms in total. The van der Waals surface area contributed by atoms with Crippen molar-refractivity contribution in [1.29, 1.82) is 0 Å². The van der Waals surface area contributed by atoms with Crippen LogP contribution in [0.4, 0.5) is 11.5 Å². The number of piperidine rings is 1. The van der Waals surface area contributed by atoms with Crippen molar-refractivity contribution in [2.45, 2.75) is 79.9 Å². The number of ether oxygens (including phenoxy) is 1. The van der Waals surface area contributed by atoms with Gasteiger partial charge < -0.3 is 14.5 Å². The van der Waals surface area contributed by atoms with E-state index in [1.807, 2.05) is 19.5 Å². The van der Waals surface area contributed by atoms with E-state index in [0.717, 1.165) is 67.4 Å². The molecule has 0 saturated carbocycles. The van der Waals surface area contributed by atoms with Gasteiger partial charge in [0, 0.05) is 74.3 Å². The molecule has 6 heteroatoms. The summed E-state index contributed by atoms with van der Waals surface area (Å²) in [6, 6.07) is 6.92. The Morgan fingerprint density at radius 3 is 2.37 bits per heavy atom. The van der Waals surface area contributed by atoms with E-state index >= 15 is 0 Å². The van der Waals surface area contributed by atoms with Crippen LogP contribution in [0.3, 0.4) is 0 Å². The van der Waals surface area contributed by atoms with E-state index in [4.69, 9.17) is 14.7 Å². The highest BCUT2D eigenvalue weighted by Crippen LogP contribution is 2.39. The summed E-state index contributed by atoms with van der Waals surface area (Å²) >= 11 is 0. The fourth-order valence-corrected chi connectivity index (χ4v) is 6.31. The lowest BCUT2D eigenvalue weighted by Gasteiger charge is -2.45. The summed E-state index contributed by atoms with van der Waals surface area (Å²) in [6.45, 7) is 19.2. The summed E-state index contributed by atoms with van der Waals surface area (Å²) in [5, 5.41) is 0. The molecule has 0 aliphatic carbocycles. The van der Waals surface area contributed by atoms with Gasteiger partial charge in [0.2, 0.25) is 0 Å². The third-order valence-corrected chi connectivity index (χ3v) is 8.54. The lowest BCUT2D eigenvalue weighted by Crippen LogP contribution is -2.50. The normalized spacial score (nSPS) is 19.1. The van der Waals surface area contributed by atoms with Crippen LogP contribution in [0, 0.1) is 26.2 Å². The van der Waals surface area contributed by atoms with Gasteiger partial charge in [0.1, 0.15) is 5.82 Å². The minimum Gasteiger partial charge on any atom is -0.381 e. The van der Waals surface area contributed by atoms with Crippen LogP contribution in [0.15, 0.2) is 30.6 Å². The van der Waals surface area contributed by atoms with Crippen molar-refractivity contribution in [1.82, 2.24) is 15.0 Å². The van der Waals surface area contributed by atoms with Crippen LogP contribution < -0.4 is 9.80 Å². The first-order valence-corrected chi connectivity index (χ1v) is 14.0. The highest BCUT2D eigenvalue weighted by molar-refractivity contribution is 5.68. The summed E-state index contributed by atoms with van der Waals surface area (Å²) in [4.78, 5) is 20.0. The molecule has 38 heavy (non-hydrogen) atoms. The highest BCUT2D eigenvalue weighted by Gasteiger charge is 2.38. The molecular weight excluding hydrogens is 470 g/mol. The molecule has 1 aromatic carbocycles. The number of aromatic nitrogens is 3. The maximum absolute atomic E-state index is 5.87. The molecule has 1 saturated heterocycles. The molecule has 1 fully saturated rings. The molecule has 0 amide bonds. The van der Waals surface area contributed by atoms with Gasteiger partial charge in [0.05, 0.1) is 11.8 Å². The second-order valence-corrected chi connectivity index (χ2v) is 12.2. The molecule has 0 unspecified atom stereocenters. The van der Waals surface area contributed by atoms with Crippen molar-refractivity contribution >= 4 is 11.5 Å². The summed E-state index contributed by atoms with van der Waals surface area (Å²) in [7, 11) is 1.84. The van der Waals surface area contributed by atoms with Gasteiger partial charge in [-0.3, -0.25) is 4.98 Å². The minimum absolute atomic E-state index is 0.0318. The number of hydrogen-bond donors (Lipinski definition) is 0. The summed E-state index contributed by atoms with van der Waals surface area (Å²) in [6.07, 6.45) is 5.99. The van der Waals surface area contributed by atoms with Gasteiger partial charge in [-0.1, -0.05) is 39.8 Å². The first-order valence-electron chi connectivity index (χ1n) is 14.0. The first-order chi connectivity index (χ1) is 18.1. The Kier molecular flexibility index (Phi) is 7.21. The smallest absolute Gasteiger partial charge is 0.162 e. The first kappa shape index (κ1) is 26.6. The molecule has 2 aromatic heterocycles. The zero-order valence-corrected chi connectivity index (χ0v) is 24.4. The van der Waals surface area contributed by atoms with Crippen molar-refractivity contribution in [3.05, 3.63) is 64.1 Å². The highest BCUT2D eigenvalue weighted by atomic mass is 16.5. The zero-order chi connectivity index (χ0) is 27.2. The van der Waals surface area contributed by atoms with E-state index in [0.29, 0.717) is 5.92 Å². The molecule has 1 atom stereocenters. The van der Waals surface area contributed by atoms with Crippen molar-refractivity contribution in [2.24, 2.45) is 5.41 Å². The van der Waals surface area contributed by atoms with Crippen molar-refractivity contribution in [2.75, 3.05) is 36.5 Å². The molecule has 202 valence electrons. The quantitative estimate of drug-likeness (QED) is 0.393. The number of methoxy groups -OCH3 is 1. The topological polar surface area (TPSA) is 54.4 Å². The number of fused-ring (bicyclic) bond motifs is 1. The molecule has 4 heterocycles. The summed E-state index contributed by atoms with van der Waals surface area (Å²) in [5.74, 6) is 2.42. The van der Waals surface area contributed by atoms with Crippen LogP contribution in [0.2, 0.25) is 0 Å². The SMILES string of the molecule is CO[C@@H]1CCN(c2nc(-c3c(C)cncc3C)nc3c2CN(c2cc(C(C)C)ccc2C)CC3)CC1(C)C. The van der Waals surface area contributed by atoms with E-state index in [-0.39, 0.29) is 11.5 Å². The van der Waals surface area contributed by atoms with Crippen molar-refractivity contribution < 1.29 is 4.74 Å². The molecule has 2 aliphatic rings. The maximum atomic E-state index is 5.87. The molecule has 0 N–H and O–H groups in total. The number of nitrogens with zero attached hydrogens (tertiary/aromatic N) is 5. The van der Waals surface area contributed by atoms with Crippen LogP contribution in [0.1, 0.15) is 73.5 Å². The van der Waals surface area contributed by atoms with Crippen molar-refractivity contribution in [3.63, 3.8) is 0 Å². The van der Waals surface area contributed by atoms with Gasteiger partial charge in [-0.25, -0.2) is 9.97 Å². The molecule has 0 spiro atoms. The van der Waals surface area contributed by atoms with Gasteiger partial charge in [-0.2, -0.15) is 0 Å². The molecule has 2 aliphatic heterocycles. The third kappa shape index (κ3) is 4.91. The predicted molar refractivity (Wildman–Crippen MR) is 156 cm³/mol. The maximum Gasteiger partial charge on any atom is 0.162 e. The van der Waals surface area contributed by atoms with E-state index < -0.39 is 0 Å². The lowest BCUT2D eigenvalue weighted by molar-refractivity contribution is -0.00647. The molecule has 0 radical (unpaired) electrons. The Bertz CT molecular complexity index is 1310. The number of rotatable bonds is 5. The number of aryl methyl sites for hydroxylation is 3. The average molecular weight is 514 g/mol. The Labute approximate surface area is 228 Å². The standard InChI is InChI=1S/C32H43N5O/c1-20(2)24-10-9-21(3)27(15-24)36-13-11-26-25(18-36)31(37-14-12-28(38-8)32(6,7)19-37)35-30(34-26)29-22(4)16-33-17-23(29)5/h9-10,15-17,20,28H,11-14,18-19H2,1-8H3/t28-/m1/s1. The van der Waals surface area contributed by atoms with Gasteiger partial charge in [-0.15, -0.1) is 0 Å². The van der Waals surface area contributed by atoms with E-state index in [1.54, 1.807) is 0 Å². The van der Waals surface area contributed by atoms with Gasteiger partial charge in [0.15, 0.2) is 5.82 Å². The Morgan fingerprint density at radius 1 is 0.974 bits per heavy atom. The van der Waals surface area contributed by atoms with Crippen LogP contribution in [-0.4, -0.2) is 47.8 Å². The van der Waals surface area contributed by atoms with Gasteiger partial charge in [0.25, 0.3) is 0 Å². The lowest BCUT2D eigenvalue weighted by atomic mass is 9.81. The molecular formula is C32H43N5O. The summed E-state index contributed by atoms with van der Waals surface area (Å²) in [5.41, 5.74) is 9.86. The van der Waals surface area contributed by atoms with E-state index in [9.17, 15) is 0 Å². The molecule has 3 aromatic rings. The monoisotopic (exact) mass is 513 g/mol. The molecule has 0 bridgehead atoms. The number of pyridine rings is 1. The summed E-state index contributed by atoms with van der Waals surface area (Å²) < 4.78 is 5.87. The number of hydrogen-bond acceptors (Lipinski definition) is 6. The van der Waals surface area contributed by atoms with Gasteiger partial charge >= 0.3 is 0 Å². The Balaban J connectivity index is 1.61. The average Bonchev–Trinajstić information content (AvgIpc) is 2.87. The van der Waals surface area contributed by atoms with Crippen LogP contribution in [0.5, 0.6) is 0 Å². The minimum atomic E-state index is 0.0318. The fourth-order valence-electron chi connectivity index (χ4n) is 6.31. The Morgan fingerprint density at radius 2 is 1.71 bits per heavy atom. The van der Waals surface area contributed by atoms with Crippen LogP contribution >= 0.6 is 0 Å². The van der Waals surface area contributed by atoms with E-state index in [2.05, 4.69) is 81.4 Å². The largest absolute Gasteiger partial charge is 0.381 e. The zero-order valence-electron chi connectivity index (χ0n) is 24.4. The van der Waals surface area contributed by atoms with Gasteiger partial charge in [-0.05, 0) is 61.4 Å².